The SMILES string of the molecule is CC(Cn1c(N)nc2cc(I)ccc21)S(C)=O. The molecule has 2 aromatic rings. The van der Waals surface area contributed by atoms with Crippen LogP contribution in [0.15, 0.2) is 18.2 Å². The van der Waals surface area contributed by atoms with Gasteiger partial charge >= 0.3 is 0 Å². The first-order valence-electron chi connectivity index (χ1n) is 5.22. The molecule has 2 rings (SSSR count). The van der Waals surface area contributed by atoms with E-state index in [0.29, 0.717) is 12.5 Å². The standard InChI is InChI=1S/C11H14IN3OS/c1-7(17(2)16)6-15-10-4-3-8(12)5-9(10)14-11(15)13/h3-5,7H,6H2,1-2H3,(H2,13,14). The number of anilines is 1. The van der Waals surface area contributed by atoms with Crippen molar-refractivity contribution in [3.63, 3.8) is 0 Å². The molecule has 17 heavy (non-hydrogen) atoms. The second-order valence-electron chi connectivity index (χ2n) is 4.02. The number of halogens is 1. The number of aromatic nitrogens is 2. The number of benzene rings is 1. The van der Waals surface area contributed by atoms with Gasteiger partial charge in [0, 0.05) is 32.4 Å². The van der Waals surface area contributed by atoms with Crippen molar-refractivity contribution < 1.29 is 4.21 Å². The summed E-state index contributed by atoms with van der Waals surface area (Å²) in [5, 5.41) is 0.0639. The summed E-state index contributed by atoms with van der Waals surface area (Å²) in [7, 11) is -0.856. The Morgan fingerprint density at radius 3 is 2.94 bits per heavy atom. The predicted octanol–water partition coefficient (Wildman–Crippen LogP) is 1.99. The van der Waals surface area contributed by atoms with Crippen molar-refractivity contribution >= 4 is 50.4 Å². The number of nitrogen functional groups attached to an aromatic ring is 1. The molecule has 0 spiro atoms. The highest BCUT2D eigenvalue weighted by molar-refractivity contribution is 14.1. The van der Waals surface area contributed by atoms with Crippen molar-refractivity contribution in [2.75, 3.05) is 12.0 Å². The van der Waals surface area contributed by atoms with E-state index in [4.69, 9.17) is 5.73 Å². The van der Waals surface area contributed by atoms with Crippen molar-refractivity contribution in [3.8, 4) is 0 Å². The molecule has 0 fully saturated rings. The smallest absolute Gasteiger partial charge is 0.201 e. The molecule has 0 aliphatic heterocycles. The summed E-state index contributed by atoms with van der Waals surface area (Å²) < 4.78 is 14.5. The first kappa shape index (κ1) is 12.8. The summed E-state index contributed by atoms with van der Waals surface area (Å²) in [4.78, 5) is 4.32. The van der Waals surface area contributed by atoms with E-state index in [1.165, 1.54) is 0 Å². The minimum absolute atomic E-state index is 0.0639. The Hall–Kier alpha value is -0.630. The number of rotatable bonds is 3. The number of fused-ring (bicyclic) bond motifs is 1. The van der Waals surface area contributed by atoms with E-state index in [-0.39, 0.29) is 5.25 Å². The normalized spacial score (nSPS) is 15.0. The maximum absolute atomic E-state index is 11.4. The number of nitrogens with two attached hydrogens (primary N) is 1. The summed E-state index contributed by atoms with van der Waals surface area (Å²) in [5.41, 5.74) is 7.79. The molecular weight excluding hydrogens is 349 g/mol. The largest absolute Gasteiger partial charge is 0.369 e. The molecule has 6 heteroatoms. The minimum atomic E-state index is -0.856. The van der Waals surface area contributed by atoms with Crippen LogP contribution in [0.4, 0.5) is 5.95 Å². The van der Waals surface area contributed by atoms with Crippen LogP contribution in [0.1, 0.15) is 6.92 Å². The lowest BCUT2D eigenvalue weighted by atomic mass is 10.3. The van der Waals surface area contributed by atoms with Crippen LogP contribution in [0.5, 0.6) is 0 Å². The van der Waals surface area contributed by atoms with Gasteiger partial charge in [0.2, 0.25) is 5.95 Å². The zero-order chi connectivity index (χ0) is 12.6. The highest BCUT2D eigenvalue weighted by atomic mass is 127. The van der Waals surface area contributed by atoms with E-state index in [0.717, 1.165) is 14.6 Å². The lowest BCUT2D eigenvalue weighted by Crippen LogP contribution is -2.18. The second-order valence-corrected chi connectivity index (χ2v) is 7.07. The molecule has 92 valence electrons. The van der Waals surface area contributed by atoms with E-state index in [9.17, 15) is 4.21 Å². The van der Waals surface area contributed by atoms with Gasteiger partial charge in [0.15, 0.2) is 0 Å². The maximum Gasteiger partial charge on any atom is 0.201 e. The van der Waals surface area contributed by atoms with Crippen LogP contribution >= 0.6 is 22.6 Å². The summed E-state index contributed by atoms with van der Waals surface area (Å²) in [6.45, 7) is 2.58. The van der Waals surface area contributed by atoms with Gasteiger partial charge < -0.3 is 10.3 Å². The minimum Gasteiger partial charge on any atom is -0.369 e. The van der Waals surface area contributed by atoms with E-state index in [1.807, 2.05) is 29.7 Å². The number of nitrogens with zero attached hydrogens (tertiary/aromatic N) is 2. The number of hydrogen-bond acceptors (Lipinski definition) is 3. The van der Waals surface area contributed by atoms with E-state index in [2.05, 4.69) is 27.6 Å². The lowest BCUT2D eigenvalue weighted by Gasteiger charge is -2.11. The Morgan fingerprint density at radius 2 is 2.29 bits per heavy atom. The average Bonchev–Trinajstić information content (AvgIpc) is 2.54. The van der Waals surface area contributed by atoms with Crippen molar-refractivity contribution in [1.82, 2.24) is 9.55 Å². The predicted molar refractivity (Wildman–Crippen MR) is 80.4 cm³/mol. The third-order valence-electron chi connectivity index (χ3n) is 2.75. The van der Waals surface area contributed by atoms with Crippen LogP contribution in [0, 0.1) is 3.57 Å². The van der Waals surface area contributed by atoms with E-state index >= 15 is 0 Å². The molecule has 2 atom stereocenters. The monoisotopic (exact) mass is 363 g/mol. The molecule has 0 amide bonds. The molecule has 2 N–H and O–H groups in total. The Balaban J connectivity index is 2.46. The zero-order valence-corrected chi connectivity index (χ0v) is 12.7. The number of hydrogen-bond donors (Lipinski definition) is 1. The first-order valence-corrected chi connectivity index (χ1v) is 7.92. The zero-order valence-electron chi connectivity index (χ0n) is 9.68. The maximum atomic E-state index is 11.4. The lowest BCUT2D eigenvalue weighted by molar-refractivity contribution is 0.653. The van der Waals surface area contributed by atoms with Gasteiger partial charge in [-0.15, -0.1) is 0 Å². The average molecular weight is 363 g/mol. The molecule has 0 bridgehead atoms. The molecule has 0 radical (unpaired) electrons. The second kappa shape index (κ2) is 4.93. The van der Waals surface area contributed by atoms with Crippen LogP contribution in [-0.4, -0.2) is 25.3 Å². The molecule has 0 saturated heterocycles. The number of imidazole rings is 1. The topological polar surface area (TPSA) is 60.9 Å². The molecule has 4 nitrogen and oxygen atoms in total. The van der Waals surface area contributed by atoms with Gasteiger partial charge in [-0.05, 0) is 47.7 Å². The van der Waals surface area contributed by atoms with Crippen molar-refractivity contribution in [2.24, 2.45) is 0 Å². The van der Waals surface area contributed by atoms with Crippen LogP contribution < -0.4 is 5.73 Å². The van der Waals surface area contributed by atoms with Crippen LogP contribution in [0.2, 0.25) is 0 Å². The highest BCUT2D eigenvalue weighted by Crippen LogP contribution is 2.21. The van der Waals surface area contributed by atoms with E-state index < -0.39 is 10.8 Å². The first-order chi connectivity index (χ1) is 7.99. The van der Waals surface area contributed by atoms with Crippen molar-refractivity contribution in [1.29, 1.82) is 0 Å². The van der Waals surface area contributed by atoms with Crippen LogP contribution in [-0.2, 0) is 17.3 Å². The van der Waals surface area contributed by atoms with Crippen LogP contribution in [0.3, 0.4) is 0 Å². The summed E-state index contributed by atoms with van der Waals surface area (Å²) in [5.74, 6) is 0.485. The van der Waals surface area contributed by atoms with Gasteiger partial charge in [-0.2, -0.15) is 0 Å². The van der Waals surface area contributed by atoms with Gasteiger partial charge in [-0.25, -0.2) is 4.98 Å². The van der Waals surface area contributed by atoms with E-state index in [1.54, 1.807) is 6.26 Å². The van der Waals surface area contributed by atoms with Gasteiger partial charge in [0.1, 0.15) is 0 Å². The Labute approximate surface area is 116 Å². The summed E-state index contributed by atoms with van der Waals surface area (Å²) in [6.07, 6.45) is 1.71. The fraction of sp³-hybridized carbons (Fsp3) is 0.364. The van der Waals surface area contributed by atoms with Gasteiger partial charge in [-0.3, -0.25) is 4.21 Å². The molecule has 0 aliphatic carbocycles. The Kier molecular flexibility index (Phi) is 3.72. The highest BCUT2D eigenvalue weighted by Gasteiger charge is 2.13. The van der Waals surface area contributed by atoms with Crippen molar-refractivity contribution in [3.05, 3.63) is 21.8 Å². The molecule has 0 aliphatic rings. The molecule has 1 aromatic heterocycles. The fourth-order valence-corrected chi connectivity index (χ4v) is 2.51. The summed E-state index contributed by atoms with van der Waals surface area (Å²) in [6, 6.07) is 6.02. The quantitative estimate of drug-likeness (QED) is 0.849. The summed E-state index contributed by atoms with van der Waals surface area (Å²) >= 11 is 2.25. The van der Waals surface area contributed by atoms with Gasteiger partial charge in [0.25, 0.3) is 0 Å². The van der Waals surface area contributed by atoms with Crippen LogP contribution in [0.25, 0.3) is 11.0 Å². The third kappa shape index (κ3) is 2.62. The molecule has 0 saturated carbocycles. The molecule has 2 unspecified atom stereocenters. The molecule has 1 aromatic carbocycles. The van der Waals surface area contributed by atoms with Gasteiger partial charge in [0.05, 0.1) is 11.0 Å². The molecule has 1 heterocycles. The molecular formula is C11H14IN3OS. The Morgan fingerprint density at radius 1 is 1.59 bits per heavy atom. The van der Waals surface area contributed by atoms with Gasteiger partial charge in [-0.1, -0.05) is 0 Å². The Bertz CT molecular complexity index is 581. The third-order valence-corrected chi connectivity index (χ3v) is 4.70. The van der Waals surface area contributed by atoms with Crippen molar-refractivity contribution in [2.45, 2.75) is 18.7 Å². The fourth-order valence-electron chi connectivity index (χ4n) is 1.68.